The Balaban J connectivity index is 3.98. The van der Waals surface area contributed by atoms with Gasteiger partial charge in [0.2, 0.25) is 5.88 Å². The number of allylic oxidation sites excluding steroid dienone is 1. The molecule has 0 fully saturated rings. The Morgan fingerprint density at radius 2 is 2.30 bits per heavy atom. The molecule has 2 nitrogen and oxygen atoms in total. The lowest BCUT2D eigenvalue weighted by atomic mass is 10.6. The predicted molar refractivity (Wildman–Crippen MR) is 44.3 cm³/mol. The van der Waals surface area contributed by atoms with Gasteiger partial charge >= 0.3 is 0 Å². The average Bonchev–Trinajstić information content (AvgIpc) is 1.86. The van der Waals surface area contributed by atoms with E-state index in [0.717, 1.165) is 0 Å². The van der Waals surface area contributed by atoms with Crippen molar-refractivity contribution in [1.29, 1.82) is 0 Å². The molecule has 0 saturated heterocycles. The summed E-state index contributed by atoms with van der Waals surface area (Å²) in [6.45, 7) is 6.09. The fourth-order valence-electron chi connectivity index (χ4n) is 0.480. The second-order valence-corrected chi connectivity index (χ2v) is 2.22. The van der Waals surface area contributed by atoms with Crippen molar-refractivity contribution in [1.82, 2.24) is 0 Å². The third-order valence-corrected chi connectivity index (χ3v) is 0.888. The molecule has 0 aliphatic rings. The van der Waals surface area contributed by atoms with Crippen LogP contribution in [0.2, 0.25) is 0 Å². The first kappa shape index (κ1) is 9.50. The van der Waals surface area contributed by atoms with Crippen LogP contribution in [0.25, 0.3) is 0 Å². The molecule has 58 valence electrons. The number of aliphatic imine (C=N–C) groups is 1. The second-order valence-electron chi connectivity index (χ2n) is 1.67. The first-order chi connectivity index (χ1) is 4.70. The number of hydrogen-bond acceptors (Lipinski definition) is 2. The lowest BCUT2D eigenvalue weighted by Crippen LogP contribution is -1.89. The van der Waals surface area contributed by atoms with Crippen LogP contribution in [0.1, 0.15) is 20.8 Å². The Morgan fingerprint density at radius 3 is 2.60 bits per heavy atom. The highest BCUT2D eigenvalue weighted by atomic mass is 35.5. The van der Waals surface area contributed by atoms with E-state index in [0.29, 0.717) is 17.7 Å². The molecule has 0 atom stereocenters. The largest absolute Gasteiger partial charge is 0.478 e. The molecule has 0 heterocycles. The Morgan fingerprint density at radius 1 is 1.70 bits per heavy atom. The molecule has 0 rings (SSSR count). The number of halogens is 1. The zero-order valence-corrected chi connectivity index (χ0v) is 7.27. The summed E-state index contributed by atoms with van der Waals surface area (Å²) in [6.07, 6.45) is 1.77. The van der Waals surface area contributed by atoms with E-state index in [9.17, 15) is 0 Å². The van der Waals surface area contributed by atoms with Crippen LogP contribution in [0.4, 0.5) is 0 Å². The molecular weight excluding hydrogens is 150 g/mol. The molecule has 0 amide bonds. The van der Waals surface area contributed by atoms with Crippen molar-refractivity contribution in [3.63, 3.8) is 0 Å². The summed E-state index contributed by atoms with van der Waals surface area (Å²) >= 11 is 5.52. The molecule has 0 N–H and O–H groups in total. The smallest absolute Gasteiger partial charge is 0.209 e. The Bertz CT molecular complexity index is 148. The van der Waals surface area contributed by atoms with Crippen LogP contribution in [0.15, 0.2) is 17.0 Å². The van der Waals surface area contributed by atoms with Gasteiger partial charge in [0.1, 0.15) is 5.17 Å². The molecule has 0 aromatic rings. The molecule has 0 saturated carbocycles. The molecule has 0 aromatic heterocycles. The molecule has 0 radical (unpaired) electrons. The van der Waals surface area contributed by atoms with Crippen molar-refractivity contribution < 1.29 is 4.74 Å². The Hall–Kier alpha value is -0.500. The van der Waals surface area contributed by atoms with Gasteiger partial charge in [-0.05, 0) is 26.8 Å². The predicted octanol–water partition coefficient (Wildman–Crippen LogP) is 2.54. The van der Waals surface area contributed by atoms with Crippen LogP contribution >= 0.6 is 11.6 Å². The standard InChI is InChI=1S/C7H12ClNO/c1-4-7(10-5-2)9-6(3)8/h4H,5H2,1-3H3/b7-4+,9-6?. The first-order valence-corrected chi connectivity index (χ1v) is 3.58. The summed E-state index contributed by atoms with van der Waals surface area (Å²) in [5.74, 6) is 0.579. The second kappa shape index (κ2) is 5.30. The van der Waals surface area contributed by atoms with Gasteiger partial charge in [-0.2, -0.15) is 0 Å². The Kier molecular flexibility index (Phi) is 5.03. The van der Waals surface area contributed by atoms with Gasteiger partial charge in [0, 0.05) is 0 Å². The fraction of sp³-hybridized carbons (Fsp3) is 0.571. The summed E-state index contributed by atoms with van der Waals surface area (Å²) in [4.78, 5) is 3.91. The minimum Gasteiger partial charge on any atom is -0.478 e. The fourth-order valence-corrected chi connectivity index (χ4v) is 0.563. The van der Waals surface area contributed by atoms with Crippen molar-refractivity contribution in [2.45, 2.75) is 20.8 Å². The molecule has 10 heavy (non-hydrogen) atoms. The van der Waals surface area contributed by atoms with Crippen LogP contribution in [-0.2, 0) is 4.74 Å². The van der Waals surface area contributed by atoms with E-state index in [-0.39, 0.29) is 0 Å². The summed E-state index contributed by atoms with van der Waals surface area (Å²) in [6, 6.07) is 0. The van der Waals surface area contributed by atoms with Gasteiger partial charge in [-0.15, -0.1) is 0 Å². The van der Waals surface area contributed by atoms with E-state index in [2.05, 4.69) is 4.99 Å². The van der Waals surface area contributed by atoms with Gasteiger partial charge in [0.25, 0.3) is 0 Å². The van der Waals surface area contributed by atoms with E-state index in [1.807, 2.05) is 13.8 Å². The quantitative estimate of drug-likeness (QED) is 0.461. The maximum absolute atomic E-state index is 5.52. The molecule has 0 aromatic carbocycles. The van der Waals surface area contributed by atoms with Crippen molar-refractivity contribution in [2.75, 3.05) is 6.61 Å². The van der Waals surface area contributed by atoms with Gasteiger partial charge < -0.3 is 4.74 Å². The molecule has 0 aliphatic heterocycles. The topological polar surface area (TPSA) is 21.6 Å². The number of rotatable bonds is 3. The molecular formula is C7H12ClNO. The van der Waals surface area contributed by atoms with E-state index >= 15 is 0 Å². The van der Waals surface area contributed by atoms with Crippen molar-refractivity contribution in [3.8, 4) is 0 Å². The van der Waals surface area contributed by atoms with E-state index in [4.69, 9.17) is 16.3 Å². The molecule has 0 spiro atoms. The summed E-state index contributed by atoms with van der Waals surface area (Å²) in [5.41, 5.74) is 0. The minimum atomic E-state index is 0.488. The molecule has 0 unspecified atom stereocenters. The Labute approximate surface area is 66.6 Å². The zero-order chi connectivity index (χ0) is 7.98. The van der Waals surface area contributed by atoms with Crippen molar-refractivity contribution in [2.24, 2.45) is 4.99 Å². The number of hydrogen-bond donors (Lipinski definition) is 0. The van der Waals surface area contributed by atoms with Gasteiger partial charge in [-0.3, -0.25) is 0 Å². The maximum atomic E-state index is 5.52. The zero-order valence-electron chi connectivity index (χ0n) is 6.52. The van der Waals surface area contributed by atoms with Gasteiger partial charge in [0.05, 0.1) is 6.61 Å². The first-order valence-electron chi connectivity index (χ1n) is 3.20. The summed E-state index contributed by atoms with van der Waals surface area (Å²) < 4.78 is 5.09. The normalized spacial score (nSPS) is 13.6. The van der Waals surface area contributed by atoms with Crippen LogP contribution in [0, 0.1) is 0 Å². The average molecular weight is 162 g/mol. The third kappa shape index (κ3) is 4.39. The molecule has 3 heteroatoms. The lowest BCUT2D eigenvalue weighted by molar-refractivity contribution is 0.227. The monoisotopic (exact) mass is 161 g/mol. The van der Waals surface area contributed by atoms with Gasteiger partial charge in [-0.1, -0.05) is 11.6 Å². The SMILES string of the molecule is C/C=C(\N=C(C)Cl)OCC. The van der Waals surface area contributed by atoms with Crippen molar-refractivity contribution >= 4 is 16.8 Å². The number of nitrogens with zero attached hydrogens (tertiary/aromatic N) is 1. The highest BCUT2D eigenvalue weighted by molar-refractivity contribution is 6.64. The van der Waals surface area contributed by atoms with E-state index in [1.165, 1.54) is 0 Å². The molecule has 0 aliphatic carbocycles. The van der Waals surface area contributed by atoms with E-state index < -0.39 is 0 Å². The van der Waals surface area contributed by atoms with Gasteiger partial charge in [0.15, 0.2) is 0 Å². The highest BCUT2D eigenvalue weighted by Gasteiger charge is 1.90. The minimum absolute atomic E-state index is 0.488. The molecule has 0 bridgehead atoms. The third-order valence-electron chi connectivity index (χ3n) is 0.803. The maximum Gasteiger partial charge on any atom is 0.209 e. The van der Waals surface area contributed by atoms with Gasteiger partial charge in [-0.25, -0.2) is 4.99 Å². The number of ether oxygens (including phenoxy) is 1. The summed E-state index contributed by atoms with van der Waals surface area (Å²) in [7, 11) is 0. The summed E-state index contributed by atoms with van der Waals surface area (Å²) in [5, 5.41) is 0.488. The highest BCUT2D eigenvalue weighted by Crippen LogP contribution is 2.00. The van der Waals surface area contributed by atoms with Crippen LogP contribution in [0.3, 0.4) is 0 Å². The van der Waals surface area contributed by atoms with Crippen LogP contribution < -0.4 is 0 Å². The van der Waals surface area contributed by atoms with E-state index in [1.54, 1.807) is 13.0 Å². The lowest BCUT2D eigenvalue weighted by Gasteiger charge is -2.00. The van der Waals surface area contributed by atoms with Crippen molar-refractivity contribution in [3.05, 3.63) is 12.0 Å². The van der Waals surface area contributed by atoms with Crippen LogP contribution in [0.5, 0.6) is 0 Å². The van der Waals surface area contributed by atoms with Crippen LogP contribution in [-0.4, -0.2) is 11.8 Å².